The van der Waals surface area contributed by atoms with Gasteiger partial charge < -0.3 is 29.4 Å². The summed E-state index contributed by atoms with van der Waals surface area (Å²) < 4.78 is 22.3. The number of benzene rings is 1. The van der Waals surface area contributed by atoms with E-state index in [1.165, 1.54) is 0 Å². The number of carbonyl (C=O) groups excluding carboxylic acids is 1. The summed E-state index contributed by atoms with van der Waals surface area (Å²) in [6, 6.07) is 7.57. The van der Waals surface area contributed by atoms with E-state index in [0.717, 1.165) is 46.8 Å². The van der Waals surface area contributed by atoms with Crippen molar-refractivity contribution in [1.82, 2.24) is 25.3 Å². The van der Waals surface area contributed by atoms with E-state index in [1.807, 2.05) is 52.1 Å². The number of rotatable bonds is 11. The number of aromatic nitrogens is 3. The predicted octanol–water partition coefficient (Wildman–Crippen LogP) is 3.98. The van der Waals surface area contributed by atoms with Crippen molar-refractivity contribution in [2.75, 3.05) is 58.4 Å². The minimum absolute atomic E-state index is 0.201. The van der Waals surface area contributed by atoms with Crippen molar-refractivity contribution < 1.29 is 23.5 Å². The standard InChI is InChI=1S/C28H38N6O5/c1-6-37-28(35)34-12-14-36-17-22(34)16-30-26-18(2)25(24-19(3)33-39-20(24)4)31-27(32-26)21-9-7-10-23(15-21)38-13-8-11-29-5/h7,9-10,15,22,29H,6,8,11-14,16-17H2,1-5H3,(H,30,31,32). The first-order chi connectivity index (χ1) is 18.9. The van der Waals surface area contributed by atoms with Crippen LogP contribution in [0.1, 0.15) is 30.4 Å². The SMILES string of the molecule is CCOC(=O)N1CCOCC1CNc1nc(-c2cccc(OCCCNC)c2)nc(-c2c(C)noc2C)c1C. The molecule has 3 aromatic rings. The summed E-state index contributed by atoms with van der Waals surface area (Å²) in [5, 5.41) is 10.7. The second-order valence-corrected chi connectivity index (χ2v) is 9.40. The molecule has 0 radical (unpaired) electrons. The predicted molar refractivity (Wildman–Crippen MR) is 148 cm³/mol. The molecular formula is C28H38N6O5. The van der Waals surface area contributed by atoms with E-state index in [2.05, 4.69) is 15.8 Å². The summed E-state index contributed by atoms with van der Waals surface area (Å²) in [5.41, 5.74) is 4.01. The smallest absolute Gasteiger partial charge is 0.410 e. The highest BCUT2D eigenvalue weighted by atomic mass is 16.6. The van der Waals surface area contributed by atoms with Crippen molar-refractivity contribution in [3.05, 3.63) is 41.3 Å². The molecule has 1 saturated heterocycles. The Labute approximate surface area is 229 Å². The van der Waals surface area contributed by atoms with Gasteiger partial charge in [0.1, 0.15) is 17.3 Å². The molecule has 1 atom stereocenters. The van der Waals surface area contributed by atoms with Crippen LogP contribution in [-0.4, -0.2) is 85.3 Å². The van der Waals surface area contributed by atoms with E-state index in [1.54, 1.807) is 11.8 Å². The summed E-state index contributed by atoms with van der Waals surface area (Å²) in [5.74, 6) is 2.64. The number of ether oxygens (including phenoxy) is 3. The van der Waals surface area contributed by atoms with Gasteiger partial charge in [-0.3, -0.25) is 4.90 Å². The second-order valence-electron chi connectivity index (χ2n) is 9.40. The third-order valence-electron chi connectivity index (χ3n) is 6.58. The average Bonchev–Trinajstić information content (AvgIpc) is 3.28. The molecule has 0 spiro atoms. The Morgan fingerprint density at radius 1 is 1.23 bits per heavy atom. The lowest BCUT2D eigenvalue weighted by Crippen LogP contribution is -2.52. The summed E-state index contributed by atoms with van der Waals surface area (Å²) in [4.78, 5) is 24.1. The number of hydrogen-bond acceptors (Lipinski definition) is 10. The number of hydrogen-bond donors (Lipinski definition) is 2. The second kappa shape index (κ2) is 13.4. The fraction of sp³-hybridized carbons (Fsp3) is 0.500. The fourth-order valence-corrected chi connectivity index (χ4v) is 4.53. The van der Waals surface area contributed by atoms with Crippen molar-refractivity contribution in [3.8, 4) is 28.4 Å². The number of morpholine rings is 1. The van der Waals surface area contributed by atoms with Crippen LogP contribution in [0.5, 0.6) is 5.75 Å². The third-order valence-corrected chi connectivity index (χ3v) is 6.58. The van der Waals surface area contributed by atoms with Crippen LogP contribution in [-0.2, 0) is 9.47 Å². The molecule has 39 heavy (non-hydrogen) atoms. The lowest BCUT2D eigenvalue weighted by molar-refractivity contribution is -0.00379. The first-order valence-electron chi connectivity index (χ1n) is 13.4. The Morgan fingerprint density at radius 2 is 2.08 bits per heavy atom. The van der Waals surface area contributed by atoms with Gasteiger partial charge in [-0.05, 0) is 59.8 Å². The van der Waals surface area contributed by atoms with E-state index in [9.17, 15) is 4.79 Å². The highest BCUT2D eigenvalue weighted by Gasteiger charge is 2.29. The zero-order chi connectivity index (χ0) is 27.8. The largest absolute Gasteiger partial charge is 0.494 e. The van der Waals surface area contributed by atoms with Gasteiger partial charge in [0.15, 0.2) is 5.82 Å². The Hall–Kier alpha value is -3.70. The van der Waals surface area contributed by atoms with Gasteiger partial charge in [0.2, 0.25) is 0 Å². The van der Waals surface area contributed by atoms with Gasteiger partial charge in [0.05, 0.1) is 49.4 Å². The number of carbonyl (C=O) groups is 1. The zero-order valence-corrected chi connectivity index (χ0v) is 23.4. The Bertz CT molecular complexity index is 1240. The van der Waals surface area contributed by atoms with Crippen LogP contribution in [0.4, 0.5) is 10.6 Å². The number of amides is 1. The molecule has 210 valence electrons. The van der Waals surface area contributed by atoms with Crippen LogP contribution in [0.3, 0.4) is 0 Å². The molecule has 1 aliphatic rings. The van der Waals surface area contributed by atoms with Crippen LogP contribution in [0.25, 0.3) is 22.6 Å². The molecule has 1 unspecified atom stereocenters. The van der Waals surface area contributed by atoms with E-state index >= 15 is 0 Å². The number of aryl methyl sites for hydroxylation is 2. The molecule has 1 aromatic carbocycles. The summed E-state index contributed by atoms with van der Waals surface area (Å²) in [6.45, 7) is 11.2. The topological polar surface area (TPSA) is 124 Å². The molecule has 1 aliphatic heterocycles. The third kappa shape index (κ3) is 6.85. The molecular weight excluding hydrogens is 500 g/mol. The van der Waals surface area contributed by atoms with Gasteiger partial charge in [0, 0.05) is 24.2 Å². The van der Waals surface area contributed by atoms with Crippen LogP contribution in [0.15, 0.2) is 28.8 Å². The summed E-state index contributed by atoms with van der Waals surface area (Å²) >= 11 is 0. The van der Waals surface area contributed by atoms with Gasteiger partial charge in [-0.15, -0.1) is 0 Å². The van der Waals surface area contributed by atoms with Crippen molar-refractivity contribution in [2.24, 2.45) is 0 Å². The van der Waals surface area contributed by atoms with Crippen LogP contribution in [0.2, 0.25) is 0 Å². The maximum absolute atomic E-state index is 12.5. The van der Waals surface area contributed by atoms with Gasteiger partial charge in [0.25, 0.3) is 0 Å². The molecule has 3 heterocycles. The Morgan fingerprint density at radius 3 is 2.82 bits per heavy atom. The number of nitrogens with one attached hydrogen (secondary N) is 2. The first-order valence-corrected chi connectivity index (χ1v) is 13.4. The van der Waals surface area contributed by atoms with Gasteiger partial charge >= 0.3 is 6.09 Å². The number of anilines is 1. The lowest BCUT2D eigenvalue weighted by Gasteiger charge is -2.35. The lowest BCUT2D eigenvalue weighted by atomic mass is 10.0. The summed E-state index contributed by atoms with van der Waals surface area (Å²) in [6.07, 6.45) is 0.565. The van der Waals surface area contributed by atoms with Gasteiger partial charge in [-0.25, -0.2) is 14.8 Å². The highest BCUT2D eigenvalue weighted by molar-refractivity contribution is 5.74. The molecule has 0 bridgehead atoms. The molecule has 0 saturated carbocycles. The molecule has 2 N–H and O–H groups in total. The monoisotopic (exact) mass is 538 g/mol. The minimum atomic E-state index is -0.337. The Kier molecular flexibility index (Phi) is 9.72. The molecule has 2 aromatic heterocycles. The Balaban J connectivity index is 1.66. The molecule has 11 heteroatoms. The van der Waals surface area contributed by atoms with E-state index < -0.39 is 0 Å². The van der Waals surface area contributed by atoms with Gasteiger partial charge in [-0.2, -0.15) is 0 Å². The fourth-order valence-electron chi connectivity index (χ4n) is 4.53. The van der Waals surface area contributed by atoms with Crippen LogP contribution < -0.4 is 15.4 Å². The van der Waals surface area contributed by atoms with Crippen molar-refractivity contribution in [3.63, 3.8) is 0 Å². The quantitative estimate of drug-likeness (QED) is 0.346. The molecule has 1 fully saturated rings. The minimum Gasteiger partial charge on any atom is -0.494 e. The van der Waals surface area contributed by atoms with Gasteiger partial charge in [-0.1, -0.05) is 17.3 Å². The summed E-state index contributed by atoms with van der Waals surface area (Å²) in [7, 11) is 1.92. The number of nitrogens with zero attached hydrogens (tertiary/aromatic N) is 4. The molecule has 11 nitrogen and oxygen atoms in total. The normalized spacial score (nSPS) is 15.3. The van der Waals surface area contributed by atoms with Crippen molar-refractivity contribution >= 4 is 11.9 Å². The van der Waals surface area contributed by atoms with E-state index in [-0.39, 0.29) is 12.1 Å². The maximum atomic E-state index is 12.5. The zero-order valence-electron chi connectivity index (χ0n) is 23.4. The van der Waals surface area contributed by atoms with Crippen LogP contribution >= 0.6 is 0 Å². The van der Waals surface area contributed by atoms with E-state index in [0.29, 0.717) is 56.9 Å². The maximum Gasteiger partial charge on any atom is 0.410 e. The molecule has 4 rings (SSSR count). The average molecular weight is 539 g/mol. The molecule has 0 aliphatic carbocycles. The molecule has 1 amide bonds. The van der Waals surface area contributed by atoms with Crippen molar-refractivity contribution in [2.45, 2.75) is 40.2 Å². The van der Waals surface area contributed by atoms with Crippen LogP contribution in [0, 0.1) is 20.8 Å². The van der Waals surface area contributed by atoms with E-state index in [4.69, 9.17) is 28.7 Å². The van der Waals surface area contributed by atoms with Crippen molar-refractivity contribution in [1.29, 1.82) is 0 Å². The first kappa shape index (κ1) is 28.3. The highest BCUT2D eigenvalue weighted by Crippen LogP contribution is 2.33.